The van der Waals surface area contributed by atoms with E-state index in [0.29, 0.717) is 5.69 Å². The molecule has 3 aromatic rings. The lowest BCUT2D eigenvalue weighted by Gasteiger charge is -2.18. The van der Waals surface area contributed by atoms with Gasteiger partial charge in [-0.05, 0) is 35.4 Å². The summed E-state index contributed by atoms with van der Waals surface area (Å²) < 4.78 is 5.21. The topological polar surface area (TPSA) is 81.5 Å². The van der Waals surface area contributed by atoms with Crippen LogP contribution < -0.4 is 10.1 Å². The number of methoxy groups -OCH3 is 1. The number of carbonyl (C=O) groups is 1. The molecule has 142 valence electrons. The maximum absolute atomic E-state index is 12.6. The molecule has 0 aliphatic carbocycles. The molecule has 6 heteroatoms. The summed E-state index contributed by atoms with van der Waals surface area (Å²) in [6.45, 7) is 0. The highest BCUT2D eigenvalue weighted by Gasteiger charge is 2.19. The molecule has 0 saturated heterocycles. The second-order valence-corrected chi connectivity index (χ2v) is 6.29. The Hall–Kier alpha value is -3.67. The molecule has 0 heterocycles. The number of rotatable bonds is 7. The number of hydrogen-bond acceptors (Lipinski definition) is 4. The highest BCUT2D eigenvalue weighted by Crippen LogP contribution is 2.30. The Morgan fingerprint density at radius 3 is 2.14 bits per heavy atom. The Morgan fingerprint density at radius 1 is 0.964 bits per heavy atom. The molecule has 6 nitrogen and oxygen atoms in total. The summed E-state index contributed by atoms with van der Waals surface area (Å²) in [5, 5.41) is 13.6. The van der Waals surface area contributed by atoms with E-state index >= 15 is 0 Å². The maximum Gasteiger partial charge on any atom is 0.269 e. The first-order chi connectivity index (χ1) is 13.6. The van der Waals surface area contributed by atoms with Crippen LogP contribution in [0.25, 0.3) is 0 Å². The summed E-state index contributed by atoms with van der Waals surface area (Å²) in [6.07, 6.45) is 0.243. The van der Waals surface area contributed by atoms with E-state index in [2.05, 4.69) is 5.32 Å². The van der Waals surface area contributed by atoms with Crippen LogP contribution in [0.1, 0.15) is 23.5 Å². The van der Waals surface area contributed by atoms with Crippen molar-refractivity contribution in [3.63, 3.8) is 0 Å². The van der Waals surface area contributed by atoms with Crippen molar-refractivity contribution in [2.45, 2.75) is 12.3 Å². The monoisotopic (exact) mass is 376 g/mol. The van der Waals surface area contributed by atoms with Crippen LogP contribution in [-0.2, 0) is 4.79 Å². The van der Waals surface area contributed by atoms with E-state index in [9.17, 15) is 14.9 Å². The first-order valence-electron chi connectivity index (χ1n) is 8.80. The number of non-ortho nitro benzene ring substituents is 1. The van der Waals surface area contributed by atoms with Crippen LogP contribution >= 0.6 is 0 Å². The predicted molar refractivity (Wildman–Crippen MR) is 108 cm³/mol. The van der Waals surface area contributed by atoms with Gasteiger partial charge in [-0.3, -0.25) is 14.9 Å². The van der Waals surface area contributed by atoms with Crippen LogP contribution in [0.2, 0.25) is 0 Å². The van der Waals surface area contributed by atoms with E-state index in [1.807, 2.05) is 54.6 Å². The number of ether oxygens (including phenoxy) is 1. The third kappa shape index (κ3) is 4.73. The summed E-state index contributed by atoms with van der Waals surface area (Å²) in [6, 6.07) is 23.3. The highest BCUT2D eigenvalue weighted by atomic mass is 16.6. The summed E-state index contributed by atoms with van der Waals surface area (Å²) in [7, 11) is 1.61. The molecule has 0 aliphatic rings. The molecular formula is C22H20N2O4. The first-order valence-corrected chi connectivity index (χ1v) is 8.80. The number of nitro groups is 1. The fraction of sp³-hybridized carbons (Fsp3) is 0.136. The molecule has 0 aromatic heterocycles. The molecular weight excluding hydrogens is 356 g/mol. The second kappa shape index (κ2) is 8.81. The van der Waals surface area contributed by atoms with Gasteiger partial charge in [0.05, 0.1) is 12.0 Å². The standard InChI is InChI=1S/C22H20N2O4/c1-28-20-13-7-17(8-14-20)21(16-5-3-2-4-6-16)15-22(25)23-18-9-11-19(12-10-18)24(26)27/h2-14,21H,15H2,1H3,(H,23,25)/t21-/m1/s1. The molecule has 1 atom stereocenters. The fourth-order valence-corrected chi connectivity index (χ4v) is 3.01. The van der Waals surface area contributed by atoms with Crippen LogP contribution in [-0.4, -0.2) is 17.9 Å². The molecule has 0 radical (unpaired) electrons. The van der Waals surface area contributed by atoms with Gasteiger partial charge in [-0.2, -0.15) is 0 Å². The minimum Gasteiger partial charge on any atom is -0.497 e. The van der Waals surface area contributed by atoms with Gasteiger partial charge in [0, 0.05) is 30.2 Å². The molecule has 1 N–H and O–H groups in total. The molecule has 28 heavy (non-hydrogen) atoms. The van der Waals surface area contributed by atoms with Gasteiger partial charge in [0.15, 0.2) is 0 Å². The lowest BCUT2D eigenvalue weighted by Crippen LogP contribution is -2.16. The van der Waals surface area contributed by atoms with Gasteiger partial charge in [0.1, 0.15) is 5.75 Å². The van der Waals surface area contributed by atoms with Crippen molar-refractivity contribution < 1.29 is 14.5 Å². The van der Waals surface area contributed by atoms with Crippen LogP contribution in [0, 0.1) is 10.1 Å². The number of nitrogens with zero attached hydrogens (tertiary/aromatic N) is 1. The number of nitro benzene ring substituents is 1. The van der Waals surface area contributed by atoms with Crippen molar-refractivity contribution >= 4 is 17.3 Å². The third-order valence-electron chi connectivity index (χ3n) is 4.47. The summed E-state index contributed by atoms with van der Waals surface area (Å²) in [4.78, 5) is 22.9. The maximum atomic E-state index is 12.6. The molecule has 1 amide bonds. The Balaban J connectivity index is 1.78. The average Bonchev–Trinajstić information content (AvgIpc) is 2.73. The van der Waals surface area contributed by atoms with Crippen LogP contribution in [0.5, 0.6) is 5.75 Å². The smallest absolute Gasteiger partial charge is 0.269 e. The van der Waals surface area contributed by atoms with Crippen LogP contribution in [0.4, 0.5) is 11.4 Å². The molecule has 0 unspecified atom stereocenters. The number of benzene rings is 3. The zero-order chi connectivity index (χ0) is 19.9. The van der Waals surface area contributed by atoms with E-state index in [1.54, 1.807) is 7.11 Å². The van der Waals surface area contributed by atoms with Crippen molar-refractivity contribution in [3.05, 3.63) is 100 Å². The minimum absolute atomic E-state index is 0.0154. The summed E-state index contributed by atoms with van der Waals surface area (Å²) >= 11 is 0. The number of nitrogens with one attached hydrogen (secondary N) is 1. The lowest BCUT2D eigenvalue weighted by molar-refractivity contribution is -0.384. The lowest BCUT2D eigenvalue weighted by atomic mass is 9.88. The summed E-state index contributed by atoms with van der Waals surface area (Å²) in [5.74, 6) is 0.467. The highest BCUT2D eigenvalue weighted by molar-refractivity contribution is 5.91. The quantitative estimate of drug-likeness (QED) is 0.476. The van der Waals surface area contributed by atoms with Gasteiger partial charge in [-0.1, -0.05) is 42.5 Å². The van der Waals surface area contributed by atoms with E-state index in [4.69, 9.17) is 4.74 Å². The fourth-order valence-electron chi connectivity index (χ4n) is 3.01. The van der Waals surface area contributed by atoms with Crippen LogP contribution in [0.15, 0.2) is 78.9 Å². The molecule has 0 saturated carbocycles. The molecule has 3 rings (SSSR count). The first kappa shape index (κ1) is 19.1. The van der Waals surface area contributed by atoms with Gasteiger partial charge in [-0.15, -0.1) is 0 Å². The minimum atomic E-state index is -0.472. The van der Waals surface area contributed by atoms with Gasteiger partial charge in [-0.25, -0.2) is 0 Å². The molecule has 0 fully saturated rings. The van der Waals surface area contributed by atoms with Crippen LogP contribution in [0.3, 0.4) is 0 Å². The van der Waals surface area contributed by atoms with E-state index in [-0.39, 0.29) is 23.9 Å². The Labute approximate surface area is 162 Å². The molecule has 3 aromatic carbocycles. The van der Waals surface area contributed by atoms with Crippen molar-refractivity contribution in [2.75, 3.05) is 12.4 Å². The van der Waals surface area contributed by atoms with Gasteiger partial charge >= 0.3 is 0 Å². The molecule has 0 bridgehead atoms. The Bertz CT molecular complexity index is 939. The predicted octanol–water partition coefficient (Wildman–Crippen LogP) is 4.76. The number of carbonyl (C=O) groups excluding carboxylic acids is 1. The van der Waals surface area contributed by atoms with Crippen molar-refractivity contribution in [3.8, 4) is 5.75 Å². The summed E-state index contributed by atoms with van der Waals surface area (Å²) in [5.41, 5.74) is 2.55. The second-order valence-electron chi connectivity index (χ2n) is 6.29. The largest absolute Gasteiger partial charge is 0.497 e. The van der Waals surface area contributed by atoms with E-state index in [0.717, 1.165) is 16.9 Å². The average molecular weight is 376 g/mol. The van der Waals surface area contributed by atoms with Crippen molar-refractivity contribution in [1.29, 1.82) is 0 Å². The van der Waals surface area contributed by atoms with E-state index < -0.39 is 4.92 Å². The number of amides is 1. The van der Waals surface area contributed by atoms with Crippen molar-refractivity contribution in [1.82, 2.24) is 0 Å². The normalized spacial score (nSPS) is 11.5. The number of anilines is 1. The van der Waals surface area contributed by atoms with Gasteiger partial charge < -0.3 is 10.1 Å². The molecule has 0 spiro atoms. The van der Waals surface area contributed by atoms with Gasteiger partial charge in [0.2, 0.25) is 5.91 Å². The third-order valence-corrected chi connectivity index (χ3v) is 4.47. The number of hydrogen-bond donors (Lipinski definition) is 1. The Morgan fingerprint density at radius 2 is 1.57 bits per heavy atom. The zero-order valence-electron chi connectivity index (χ0n) is 15.4. The SMILES string of the molecule is COc1ccc([C@H](CC(=O)Nc2ccc([N+](=O)[O-])cc2)c2ccccc2)cc1. The zero-order valence-corrected chi connectivity index (χ0v) is 15.4. The van der Waals surface area contributed by atoms with Gasteiger partial charge in [0.25, 0.3) is 5.69 Å². The van der Waals surface area contributed by atoms with Crippen molar-refractivity contribution in [2.24, 2.45) is 0 Å². The molecule has 0 aliphatic heterocycles. The van der Waals surface area contributed by atoms with E-state index in [1.165, 1.54) is 24.3 Å². The Kier molecular flexibility index (Phi) is 6.01.